The highest BCUT2D eigenvalue weighted by molar-refractivity contribution is 7.83. The van der Waals surface area contributed by atoms with Gasteiger partial charge in [0.25, 0.3) is 0 Å². The highest BCUT2D eigenvalue weighted by Crippen LogP contribution is 2.46. The third-order valence-corrected chi connectivity index (χ3v) is 6.22. The van der Waals surface area contributed by atoms with Crippen LogP contribution in [0.1, 0.15) is 12.0 Å². The van der Waals surface area contributed by atoms with Gasteiger partial charge in [-0.1, -0.05) is 23.8 Å². The zero-order valence-electron chi connectivity index (χ0n) is 13.5. The highest BCUT2D eigenvalue weighted by Gasteiger charge is 2.26. The lowest BCUT2D eigenvalue weighted by Gasteiger charge is -2.16. The van der Waals surface area contributed by atoms with Crippen LogP contribution in [0.2, 0.25) is 0 Å². The molecule has 8 heteroatoms. The minimum absolute atomic E-state index is 0.00217. The molecule has 0 aliphatic carbocycles. The molecule has 0 radical (unpaired) electrons. The van der Waals surface area contributed by atoms with Gasteiger partial charge in [0, 0.05) is 26.7 Å². The van der Waals surface area contributed by atoms with E-state index in [4.69, 9.17) is 9.05 Å². The van der Waals surface area contributed by atoms with E-state index in [1.807, 2.05) is 19.1 Å². The first-order valence-corrected chi connectivity index (χ1v) is 9.80. The predicted octanol–water partition coefficient (Wildman–Crippen LogP) is 2.61. The summed E-state index contributed by atoms with van der Waals surface area (Å²) in [7, 11) is -2.40. The summed E-state index contributed by atoms with van der Waals surface area (Å²) in [6, 6.07) is 6.72. The van der Waals surface area contributed by atoms with E-state index >= 15 is 0 Å². The standard InChI is InChI=1S/C15H22NO5PS/c1-5-13(10-14(17)11-22(18,20-3)21-4)16-23(19)15-8-6-12(2)7-9-15/h5-9,13,16H,1,10-11H2,2-4H3/t13-,23?/m0/s1. The normalized spacial score (nSPS) is 14.2. The lowest BCUT2D eigenvalue weighted by atomic mass is 10.2. The molecule has 1 aromatic rings. The third kappa shape index (κ3) is 6.49. The summed E-state index contributed by atoms with van der Waals surface area (Å²) in [5.41, 5.74) is 1.07. The van der Waals surface area contributed by atoms with Crippen LogP contribution in [0.25, 0.3) is 0 Å². The minimum atomic E-state index is -3.39. The van der Waals surface area contributed by atoms with Crippen molar-refractivity contribution in [1.29, 1.82) is 0 Å². The molecule has 128 valence electrons. The molecule has 1 aromatic carbocycles. The van der Waals surface area contributed by atoms with E-state index < -0.39 is 24.6 Å². The van der Waals surface area contributed by atoms with Crippen LogP contribution in [0.5, 0.6) is 0 Å². The summed E-state index contributed by atoms with van der Waals surface area (Å²) in [6.07, 6.45) is 1.16. The van der Waals surface area contributed by atoms with E-state index in [0.29, 0.717) is 4.90 Å². The first-order chi connectivity index (χ1) is 10.8. The molecule has 0 aliphatic heterocycles. The number of carbonyl (C=O) groups excluding carboxylic acids is 1. The van der Waals surface area contributed by atoms with E-state index in [1.54, 1.807) is 12.1 Å². The Morgan fingerprint density at radius 1 is 1.35 bits per heavy atom. The molecule has 0 heterocycles. The van der Waals surface area contributed by atoms with E-state index in [9.17, 15) is 13.6 Å². The summed E-state index contributed by atoms with van der Waals surface area (Å²) in [4.78, 5) is 12.6. The molecule has 0 saturated heterocycles. The number of hydrogen-bond acceptors (Lipinski definition) is 5. The first-order valence-electron chi connectivity index (χ1n) is 6.93. The van der Waals surface area contributed by atoms with Crippen LogP contribution in [-0.4, -0.2) is 36.4 Å². The Kier molecular flexibility index (Phi) is 8.02. The van der Waals surface area contributed by atoms with Crippen LogP contribution in [0, 0.1) is 6.92 Å². The lowest BCUT2D eigenvalue weighted by molar-refractivity contribution is -0.117. The number of Topliss-reactive ketones (excluding diaryl/α,β-unsaturated/α-hetero) is 1. The fourth-order valence-electron chi connectivity index (χ4n) is 1.77. The summed E-state index contributed by atoms with van der Waals surface area (Å²) >= 11 is 0. The Morgan fingerprint density at radius 3 is 2.39 bits per heavy atom. The molecule has 0 amide bonds. The second-order valence-corrected chi connectivity index (χ2v) is 8.43. The van der Waals surface area contributed by atoms with E-state index in [2.05, 4.69) is 11.3 Å². The maximum Gasteiger partial charge on any atom is 0.337 e. The predicted molar refractivity (Wildman–Crippen MR) is 90.8 cm³/mol. The second-order valence-electron chi connectivity index (χ2n) is 4.92. The van der Waals surface area contributed by atoms with Crippen molar-refractivity contribution in [3.63, 3.8) is 0 Å². The van der Waals surface area contributed by atoms with Crippen molar-refractivity contribution in [3.8, 4) is 0 Å². The van der Waals surface area contributed by atoms with E-state index in [1.165, 1.54) is 20.3 Å². The molecular weight excluding hydrogens is 337 g/mol. The van der Waals surface area contributed by atoms with Crippen molar-refractivity contribution in [2.24, 2.45) is 0 Å². The average Bonchev–Trinajstić information content (AvgIpc) is 2.54. The summed E-state index contributed by atoms with van der Waals surface area (Å²) in [6.45, 7) is 5.57. The van der Waals surface area contributed by atoms with Gasteiger partial charge in [-0.25, -0.2) is 8.93 Å². The van der Waals surface area contributed by atoms with Crippen LogP contribution in [0.4, 0.5) is 0 Å². The monoisotopic (exact) mass is 359 g/mol. The number of carbonyl (C=O) groups is 1. The third-order valence-electron chi connectivity index (χ3n) is 3.15. The number of ketones is 1. The van der Waals surface area contributed by atoms with E-state index in [0.717, 1.165) is 5.56 Å². The van der Waals surface area contributed by atoms with Gasteiger partial charge in [-0.05, 0) is 19.1 Å². The van der Waals surface area contributed by atoms with Gasteiger partial charge in [-0.3, -0.25) is 9.36 Å². The summed E-state index contributed by atoms with van der Waals surface area (Å²) in [5, 5.41) is 0. The molecule has 1 N–H and O–H groups in total. The Morgan fingerprint density at radius 2 is 1.91 bits per heavy atom. The smallest absolute Gasteiger partial charge is 0.312 e. The maximum atomic E-state index is 12.2. The van der Waals surface area contributed by atoms with Crippen LogP contribution >= 0.6 is 7.60 Å². The molecule has 6 nitrogen and oxygen atoms in total. The van der Waals surface area contributed by atoms with Crippen molar-refractivity contribution in [3.05, 3.63) is 42.5 Å². The zero-order valence-corrected chi connectivity index (χ0v) is 15.2. The molecule has 1 unspecified atom stereocenters. The Labute approximate surface area is 139 Å². The average molecular weight is 359 g/mol. The number of aryl methyl sites for hydroxylation is 1. The summed E-state index contributed by atoms with van der Waals surface area (Å²) in [5.74, 6) is -0.324. The van der Waals surface area contributed by atoms with Crippen molar-refractivity contribution in [2.75, 3.05) is 20.4 Å². The molecule has 2 atom stereocenters. The van der Waals surface area contributed by atoms with Gasteiger partial charge in [-0.15, -0.1) is 6.58 Å². The molecule has 1 rings (SSSR count). The van der Waals surface area contributed by atoms with Gasteiger partial charge < -0.3 is 9.05 Å². The lowest BCUT2D eigenvalue weighted by Crippen LogP contribution is -2.32. The second kappa shape index (κ2) is 9.25. The highest BCUT2D eigenvalue weighted by atomic mass is 32.2. The minimum Gasteiger partial charge on any atom is -0.312 e. The number of hydrogen-bond donors (Lipinski definition) is 1. The van der Waals surface area contributed by atoms with Gasteiger partial charge in [0.15, 0.2) is 0 Å². The fraction of sp³-hybridized carbons (Fsp3) is 0.400. The zero-order chi connectivity index (χ0) is 17.5. The SMILES string of the molecule is C=C[C@@H](CC(=O)CP(=O)(OC)OC)NS(=O)c1ccc(C)cc1. The van der Waals surface area contributed by atoms with Crippen molar-refractivity contribution < 1.29 is 22.6 Å². The van der Waals surface area contributed by atoms with Crippen LogP contribution in [-0.2, 0) is 29.4 Å². The van der Waals surface area contributed by atoms with Gasteiger partial charge in [-0.2, -0.15) is 0 Å². The van der Waals surface area contributed by atoms with Crippen molar-refractivity contribution in [2.45, 2.75) is 24.3 Å². The molecule has 0 fully saturated rings. The van der Waals surface area contributed by atoms with Gasteiger partial charge in [0.2, 0.25) is 0 Å². The van der Waals surface area contributed by atoms with Gasteiger partial charge >= 0.3 is 7.60 Å². The van der Waals surface area contributed by atoms with Crippen LogP contribution in [0.15, 0.2) is 41.8 Å². The quantitative estimate of drug-likeness (QED) is 0.513. The van der Waals surface area contributed by atoms with Crippen LogP contribution in [0.3, 0.4) is 0 Å². The molecule has 0 bridgehead atoms. The Balaban J connectivity index is 2.65. The first kappa shape index (κ1) is 19.9. The molecule has 0 saturated carbocycles. The van der Waals surface area contributed by atoms with Gasteiger partial charge in [0.1, 0.15) is 22.9 Å². The van der Waals surface area contributed by atoms with E-state index in [-0.39, 0.29) is 18.4 Å². The molecule has 0 aliphatic rings. The largest absolute Gasteiger partial charge is 0.337 e. The Hall–Kier alpha value is -1.11. The summed E-state index contributed by atoms with van der Waals surface area (Å²) < 4.78 is 36.5. The molecule has 0 spiro atoms. The van der Waals surface area contributed by atoms with Crippen molar-refractivity contribution in [1.82, 2.24) is 4.72 Å². The topological polar surface area (TPSA) is 81.7 Å². The number of benzene rings is 1. The number of rotatable bonds is 10. The fourth-order valence-corrected chi connectivity index (χ4v) is 3.71. The Bertz CT molecular complexity index is 609. The van der Waals surface area contributed by atoms with Crippen LogP contribution < -0.4 is 4.72 Å². The maximum absolute atomic E-state index is 12.2. The molecular formula is C15H22NO5PS. The van der Waals surface area contributed by atoms with Crippen molar-refractivity contribution >= 4 is 24.4 Å². The molecule has 23 heavy (non-hydrogen) atoms. The molecule has 0 aromatic heterocycles. The number of nitrogens with one attached hydrogen (secondary N) is 1. The van der Waals surface area contributed by atoms with Gasteiger partial charge in [0.05, 0.1) is 4.90 Å².